The van der Waals surface area contributed by atoms with Crippen LogP contribution in [0.25, 0.3) is 0 Å². The second kappa shape index (κ2) is 9.27. The number of rotatable bonds is 9. The van der Waals surface area contributed by atoms with Crippen LogP contribution in [0.1, 0.15) is 64.9 Å². The molecule has 0 radical (unpaired) electrons. The van der Waals surface area contributed by atoms with Crippen LogP contribution in [-0.4, -0.2) is 36.4 Å². The van der Waals surface area contributed by atoms with Crippen LogP contribution in [-0.2, 0) is 6.42 Å². The molecule has 1 amide bonds. The van der Waals surface area contributed by atoms with Crippen molar-refractivity contribution in [3.8, 4) is 5.75 Å². The van der Waals surface area contributed by atoms with Gasteiger partial charge in [-0.1, -0.05) is 6.07 Å². The van der Waals surface area contributed by atoms with Crippen molar-refractivity contribution < 1.29 is 14.3 Å². The molecule has 0 aliphatic heterocycles. The topological polar surface area (TPSA) is 83.2 Å². The minimum Gasteiger partial charge on any atom is -0.493 e. The molecule has 2 aliphatic carbocycles. The summed E-state index contributed by atoms with van der Waals surface area (Å²) in [6, 6.07) is 7.40. The van der Waals surface area contributed by atoms with Gasteiger partial charge in [0, 0.05) is 30.1 Å². The lowest BCUT2D eigenvalue weighted by molar-refractivity contribution is 0.0965. The number of ketones is 1. The van der Waals surface area contributed by atoms with Crippen LogP contribution in [0.5, 0.6) is 5.75 Å². The molecule has 29 heavy (non-hydrogen) atoms. The maximum atomic E-state index is 12.8. The Kier molecular flexibility index (Phi) is 6.30. The number of anilines is 1. The third kappa shape index (κ3) is 5.26. The van der Waals surface area contributed by atoms with Crippen LogP contribution in [0.2, 0.25) is 0 Å². The van der Waals surface area contributed by atoms with Gasteiger partial charge >= 0.3 is 0 Å². The molecule has 154 valence electrons. The molecule has 6 heteroatoms. The number of aromatic amines is 1. The number of nitrogens with one attached hydrogen (secondary N) is 3. The van der Waals surface area contributed by atoms with E-state index in [0.29, 0.717) is 29.8 Å². The summed E-state index contributed by atoms with van der Waals surface area (Å²) in [5.41, 5.74) is 2.53. The third-order valence-corrected chi connectivity index (χ3v) is 5.55. The lowest BCUT2D eigenvalue weighted by Crippen LogP contribution is -2.19. The largest absolute Gasteiger partial charge is 0.493 e. The monoisotopic (exact) mass is 395 g/mol. The standard InChI is InChI=1S/C23H29N3O3/c27-21-8-2-1-7-20-22(21)19(15-25-20)23(28)26-17-5-3-6-18(13-17)29-12-4-11-24-14-16-9-10-16/h3,5-6,13,15-16,24-25H,1-2,4,7-12,14H2,(H,26,28). The van der Waals surface area contributed by atoms with Gasteiger partial charge in [-0.25, -0.2) is 0 Å². The number of amides is 1. The fourth-order valence-corrected chi connectivity index (χ4v) is 3.75. The fourth-order valence-electron chi connectivity index (χ4n) is 3.75. The SMILES string of the molecule is O=C(Nc1cccc(OCCCNCC2CC2)c1)c1c[nH]c2c1C(=O)CCCC2. The molecule has 1 saturated carbocycles. The van der Waals surface area contributed by atoms with Crippen molar-refractivity contribution in [2.45, 2.75) is 44.9 Å². The Hall–Kier alpha value is -2.60. The molecule has 2 aliphatic rings. The van der Waals surface area contributed by atoms with E-state index in [9.17, 15) is 9.59 Å². The molecule has 6 nitrogen and oxygen atoms in total. The van der Waals surface area contributed by atoms with Gasteiger partial charge in [0.2, 0.25) is 0 Å². The van der Waals surface area contributed by atoms with E-state index in [1.165, 1.54) is 12.8 Å². The summed E-state index contributed by atoms with van der Waals surface area (Å²) in [5, 5.41) is 6.35. The Balaban J connectivity index is 1.31. The summed E-state index contributed by atoms with van der Waals surface area (Å²) in [6.45, 7) is 2.71. The Morgan fingerprint density at radius 1 is 1.21 bits per heavy atom. The Bertz CT molecular complexity index is 870. The molecule has 1 heterocycles. The highest BCUT2D eigenvalue weighted by Crippen LogP contribution is 2.27. The average Bonchev–Trinajstić information content (AvgIpc) is 3.47. The number of carbonyl (C=O) groups is 2. The molecule has 0 saturated heterocycles. The Labute approximate surface area is 171 Å². The van der Waals surface area contributed by atoms with E-state index in [1.807, 2.05) is 24.3 Å². The average molecular weight is 396 g/mol. The van der Waals surface area contributed by atoms with Crippen molar-refractivity contribution in [2.75, 3.05) is 25.0 Å². The number of aromatic nitrogens is 1. The lowest BCUT2D eigenvalue weighted by atomic mass is 10.0. The number of fused-ring (bicyclic) bond motifs is 1. The molecule has 0 spiro atoms. The zero-order valence-electron chi connectivity index (χ0n) is 16.8. The molecule has 1 aromatic carbocycles. The number of benzene rings is 1. The maximum Gasteiger partial charge on any atom is 0.257 e. The molecule has 0 atom stereocenters. The predicted octanol–water partition coefficient (Wildman–Crippen LogP) is 3.94. The predicted molar refractivity (Wildman–Crippen MR) is 113 cm³/mol. The molecule has 0 unspecified atom stereocenters. The Morgan fingerprint density at radius 2 is 2.07 bits per heavy atom. The van der Waals surface area contributed by atoms with Crippen molar-refractivity contribution in [1.29, 1.82) is 0 Å². The van der Waals surface area contributed by atoms with E-state index >= 15 is 0 Å². The first-order valence-corrected chi connectivity index (χ1v) is 10.7. The van der Waals surface area contributed by atoms with Gasteiger partial charge in [0.1, 0.15) is 5.75 Å². The second-order valence-electron chi connectivity index (χ2n) is 8.02. The zero-order chi connectivity index (χ0) is 20.1. The number of Topliss-reactive ketones (excluding diaryl/α,β-unsaturated/α-hetero) is 1. The second-order valence-corrected chi connectivity index (χ2v) is 8.02. The highest BCUT2D eigenvalue weighted by atomic mass is 16.5. The van der Waals surface area contributed by atoms with Crippen LogP contribution in [0.3, 0.4) is 0 Å². The molecule has 4 rings (SSSR count). The van der Waals surface area contributed by atoms with E-state index in [-0.39, 0.29) is 11.7 Å². The van der Waals surface area contributed by atoms with Crippen LogP contribution < -0.4 is 15.4 Å². The molecule has 3 N–H and O–H groups in total. The molecule has 1 fully saturated rings. The summed E-state index contributed by atoms with van der Waals surface area (Å²) in [6.07, 6.45) is 8.48. The lowest BCUT2D eigenvalue weighted by Gasteiger charge is -2.10. The third-order valence-electron chi connectivity index (χ3n) is 5.55. The maximum absolute atomic E-state index is 12.8. The smallest absolute Gasteiger partial charge is 0.257 e. The minimum absolute atomic E-state index is 0.0521. The van der Waals surface area contributed by atoms with Gasteiger partial charge in [0.05, 0.1) is 17.7 Å². The number of ether oxygens (including phenoxy) is 1. The van der Waals surface area contributed by atoms with Crippen molar-refractivity contribution in [1.82, 2.24) is 10.3 Å². The van der Waals surface area contributed by atoms with Crippen LogP contribution >= 0.6 is 0 Å². The zero-order valence-corrected chi connectivity index (χ0v) is 16.8. The number of carbonyl (C=O) groups excluding carboxylic acids is 2. The van der Waals surface area contributed by atoms with Gasteiger partial charge in [0.15, 0.2) is 5.78 Å². The number of aryl methyl sites for hydroxylation is 1. The van der Waals surface area contributed by atoms with Gasteiger partial charge in [-0.3, -0.25) is 9.59 Å². The number of H-pyrrole nitrogens is 1. The van der Waals surface area contributed by atoms with Gasteiger partial charge < -0.3 is 20.4 Å². The van der Waals surface area contributed by atoms with Crippen LogP contribution in [0.4, 0.5) is 5.69 Å². The Morgan fingerprint density at radius 3 is 2.93 bits per heavy atom. The summed E-state index contributed by atoms with van der Waals surface area (Å²) in [4.78, 5) is 28.3. The van der Waals surface area contributed by atoms with E-state index in [2.05, 4.69) is 15.6 Å². The van der Waals surface area contributed by atoms with Gasteiger partial charge in [0.25, 0.3) is 5.91 Å². The van der Waals surface area contributed by atoms with Gasteiger partial charge in [-0.05, 0) is 69.7 Å². The normalized spacial score (nSPS) is 16.2. The highest BCUT2D eigenvalue weighted by molar-refractivity contribution is 6.13. The summed E-state index contributed by atoms with van der Waals surface area (Å²) < 4.78 is 5.81. The number of hydrogen-bond donors (Lipinski definition) is 3. The minimum atomic E-state index is -0.265. The molecular formula is C23H29N3O3. The highest BCUT2D eigenvalue weighted by Gasteiger charge is 2.24. The summed E-state index contributed by atoms with van der Waals surface area (Å²) in [7, 11) is 0. The first-order valence-electron chi connectivity index (χ1n) is 10.7. The van der Waals surface area contributed by atoms with E-state index < -0.39 is 0 Å². The summed E-state index contributed by atoms with van der Waals surface area (Å²) in [5.74, 6) is 1.41. The van der Waals surface area contributed by atoms with Crippen LogP contribution in [0, 0.1) is 5.92 Å². The van der Waals surface area contributed by atoms with Crippen molar-refractivity contribution in [3.63, 3.8) is 0 Å². The molecular weight excluding hydrogens is 366 g/mol. The number of hydrogen-bond acceptors (Lipinski definition) is 4. The van der Waals surface area contributed by atoms with Gasteiger partial charge in [-0.15, -0.1) is 0 Å². The van der Waals surface area contributed by atoms with Crippen molar-refractivity contribution >= 4 is 17.4 Å². The quantitative estimate of drug-likeness (QED) is 0.444. The van der Waals surface area contributed by atoms with Crippen LogP contribution in [0.15, 0.2) is 30.5 Å². The fraction of sp³-hybridized carbons (Fsp3) is 0.478. The van der Waals surface area contributed by atoms with E-state index in [4.69, 9.17) is 4.74 Å². The van der Waals surface area contributed by atoms with Gasteiger partial charge in [-0.2, -0.15) is 0 Å². The van der Waals surface area contributed by atoms with Crippen molar-refractivity contribution in [3.05, 3.63) is 47.3 Å². The van der Waals surface area contributed by atoms with E-state index in [0.717, 1.165) is 56.1 Å². The first-order chi connectivity index (χ1) is 14.2. The first kappa shape index (κ1) is 19.7. The molecule has 1 aromatic heterocycles. The molecule has 0 bridgehead atoms. The summed E-state index contributed by atoms with van der Waals surface area (Å²) >= 11 is 0. The molecule has 2 aromatic rings. The van der Waals surface area contributed by atoms with Crippen molar-refractivity contribution in [2.24, 2.45) is 5.92 Å². The van der Waals surface area contributed by atoms with E-state index in [1.54, 1.807) is 6.20 Å².